The van der Waals surface area contributed by atoms with Gasteiger partial charge in [0.25, 0.3) is 0 Å². The molecule has 0 spiro atoms. The predicted octanol–water partition coefficient (Wildman–Crippen LogP) is 4.78. The highest BCUT2D eigenvalue weighted by atomic mass is 32.1. The third-order valence-electron chi connectivity index (χ3n) is 3.06. The van der Waals surface area contributed by atoms with E-state index < -0.39 is 0 Å². The van der Waals surface area contributed by atoms with E-state index in [9.17, 15) is 5.26 Å². The van der Waals surface area contributed by atoms with Gasteiger partial charge in [0.1, 0.15) is 11.1 Å². The molecule has 0 aliphatic rings. The Kier molecular flexibility index (Phi) is 3.67. The van der Waals surface area contributed by atoms with Gasteiger partial charge in [-0.1, -0.05) is 29.8 Å². The fourth-order valence-corrected chi connectivity index (χ4v) is 2.71. The quantitative estimate of drug-likeness (QED) is 0.653. The number of aryl methyl sites for hydroxylation is 1. The first-order valence-corrected chi connectivity index (χ1v) is 7.31. The van der Waals surface area contributed by atoms with Gasteiger partial charge in [0.2, 0.25) is 0 Å². The maximum absolute atomic E-state index is 9.31. The van der Waals surface area contributed by atoms with E-state index in [0.717, 1.165) is 16.8 Å². The maximum Gasteiger partial charge on any atom is 0.134 e. The minimum atomic E-state index is 0.541. The van der Waals surface area contributed by atoms with Gasteiger partial charge < -0.3 is 4.42 Å². The number of thiazole rings is 1. The number of nitrogens with zero attached hydrogens (tertiary/aromatic N) is 2. The first-order valence-electron chi connectivity index (χ1n) is 6.43. The molecule has 0 aliphatic carbocycles. The zero-order valence-corrected chi connectivity index (χ0v) is 12.2. The van der Waals surface area contributed by atoms with Crippen LogP contribution in [0.4, 0.5) is 0 Å². The molecule has 0 unspecified atom stereocenters. The zero-order chi connectivity index (χ0) is 14.7. The molecule has 0 saturated carbocycles. The molecule has 0 bridgehead atoms. The van der Waals surface area contributed by atoms with Crippen LogP contribution in [0.3, 0.4) is 0 Å². The van der Waals surface area contributed by atoms with Crippen molar-refractivity contribution in [1.29, 1.82) is 5.26 Å². The Labute approximate surface area is 126 Å². The lowest BCUT2D eigenvalue weighted by atomic mass is 10.1. The SMILES string of the molecule is Cc1ccc(-c2csc(C(C#N)=Cc3ccoc3)n2)cc1. The van der Waals surface area contributed by atoms with Gasteiger partial charge in [-0.15, -0.1) is 11.3 Å². The minimum absolute atomic E-state index is 0.541. The van der Waals surface area contributed by atoms with Gasteiger partial charge in [-0.3, -0.25) is 0 Å². The van der Waals surface area contributed by atoms with E-state index >= 15 is 0 Å². The lowest BCUT2D eigenvalue weighted by Crippen LogP contribution is -1.82. The molecule has 3 nitrogen and oxygen atoms in total. The van der Waals surface area contributed by atoms with Crippen LogP contribution in [0.15, 0.2) is 52.7 Å². The van der Waals surface area contributed by atoms with Gasteiger partial charge in [-0.05, 0) is 19.1 Å². The van der Waals surface area contributed by atoms with E-state index in [1.807, 2.05) is 23.6 Å². The number of hydrogen-bond donors (Lipinski definition) is 0. The van der Waals surface area contributed by atoms with Crippen LogP contribution in [-0.2, 0) is 0 Å². The highest BCUT2D eigenvalue weighted by Crippen LogP contribution is 2.27. The predicted molar refractivity (Wildman–Crippen MR) is 84.5 cm³/mol. The van der Waals surface area contributed by atoms with Crippen LogP contribution in [0, 0.1) is 18.3 Å². The maximum atomic E-state index is 9.31. The summed E-state index contributed by atoms with van der Waals surface area (Å²) in [7, 11) is 0. The standard InChI is InChI=1S/C17H12N2OS/c1-12-2-4-14(5-3-12)16-11-21-17(19-16)15(9-18)8-13-6-7-20-10-13/h2-8,10-11H,1H3. The van der Waals surface area contributed by atoms with Crippen molar-refractivity contribution in [2.45, 2.75) is 6.92 Å². The van der Waals surface area contributed by atoms with E-state index in [-0.39, 0.29) is 0 Å². The van der Waals surface area contributed by atoms with Crippen molar-refractivity contribution in [3.8, 4) is 17.3 Å². The molecule has 2 aromatic heterocycles. The second kappa shape index (κ2) is 5.78. The van der Waals surface area contributed by atoms with E-state index in [2.05, 4.69) is 30.1 Å². The van der Waals surface area contributed by atoms with Crippen molar-refractivity contribution in [2.75, 3.05) is 0 Å². The van der Waals surface area contributed by atoms with Crippen molar-refractivity contribution in [3.05, 3.63) is 64.4 Å². The molecule has 1 aromatic carbocycles. The van der Waals surface area contributed by atoms with Crippen LogP contribution in [0.1, 0.15) is 16.1 Å². The molecule has 2 heterocycles. The summed E-state index contributed by atoms with van der Waals surface area (Å²) < 4.78 is 5.01. The summed E-state index contributed by atoms with van der Waals surface area (Å²) in [5.41, 5.74) is 4.57. The van der Waals surface area contributed by atoms with Gasteiger partial charge >= 0.3 is 0 Å². The Bertz CT molecular complexity index is 805. The second-order valence-electron chi connectivity index (χ2n) is 4.63. The van der Waals surface area contributed by atoms with Crippen molar-refractivity contribution in [2.24, 2.45) is 0 Å². The Balaban J connectivity index is 1.94. The van der Waals surface area contributed by atoms with Crippen LogP contribution >= 0.6 is 11.3 Å². The number of allylic oxidation sites excluding steroid dienone is 1. The smallest absolute Gasteiger partial charge is 0.134 e. The van der Waals surface area contributed by atoms with E-state index in [1.54, 1.807) is 18.6 Å². The van der Waals surface area contributed by atoms with Gasteiger partial charge in [0.15, 0.2) is 0 Å². The Morgan fingerprint density at radius 3 is 2.76 bits per heavy atom. The summed E-state index contributed by atoms with van der Waals surface area (Å²) in [5.74, 6) is 0. The van der Waals surface area contributed by atoms with Crippen molar-refractivity contribution < 1.29 is 4.42 Å². The normalized spacial score (nSPS) is 11.3. The Hall–Kier alpha value is -2.64. The number of aromatic nitrogens is 1. The molecule has 102 valence electrons. The molecular weight excluding hydrogens is 280 g/mol. The number of rotatable bonds is 3. The molecular formula is C17H12N2OS. The van der Waals surface area contributed by atoms with Crippen LogP contribution in [-0.4, -0.2) is 4.98 Å². The van der Waals surface area contributed by atoms with Crippen molar-refractivity contribution >= 4 is 23.0 Å². The highest BCUT2D eigenvalue weighted by Gasteiger charge is 2.09. The lowest BCUT2D eigenvalue weighted by Gasteiger charge is -1.97. The number of nitriles is 1. The summed E-state index contributed by atoms with van der Waals surface area (Å²) in [6.45, 7) is 2.05. The average Bonchev–Trinajstić information content (AvgIpc) is 3.17. The zero-order valence-electron chi connectivity index (χ0n) is 11.4. The highest BCUT2D eigenvalue weighted by molar-refractivity contribution is 7.11. The monoisotopic (exact) mass is 292 g/mol. The molecule has 0 saturated heterocycles. The molecule has 0 N–H and O–H groups in total. The Morgan fingerprint density at radius 1 is 1.29 bits per heavy atom. The van der Waals surface area contributed by atoms with Crippen LogP contribution in [0.25, 0.3) is 22.9 Å². The molecule has 0 fully saturated rings. The molecule has 4 heteroatoms. The third-order valence-corrected chi connectivity index (χ3v) is 3.93. The van der Waals surface area contributed by atoms with Gasteiger partial charge in [-0.2, -0.15) is 5.26 Å². The molecule has 0 aliphatic heterocycles. The molecule has 0 radical (unpaired) electrons. The topological polar surface area (TPSA) is 49.8 Å². The van der Waals surface area contributed by atoms with E-state index in [1.165, 1.54) is 16.9 Å². The summed E-state index contributed by atoms with van der Waals surface area (Å²) in [6, 6.07) is 12.2. The van der Waals surface area contributed by atoms with Crippen LogP contribution in [0.2, 0.25) is 0 Å². The first-order chi connectivity index (χ1) is 10.3. The fraction of sp³-hybridized carbons (Fsp3) is 0.0588. The minimum Gasteiger partial charge on any atom is -0.472 e. The lowest BCUT2D eigenvalue weighted by molar-refractivity contribution is 0.567. The first kappa shape index (κ1) is 13.3. The summed E-state index contributed by atoms with van der Waals surface area (Å²) in [4.78, 5) is 4.56. The van der Waals surface area contributed by atoms with Crippen LogP contribution in [0.5, 0.6) is 0 Å². The molecule has 0 amide bonds. The third kappa shape index (κ3) is 2.93. The van der Waals surface area contributed by atoms with E-state index in [0.29, 0.717) is 10.6 Å². The summed E-state index contributed by atoms with van der Waals surface area (Å²) >= 11 is 1.47. The second-order valence-corrected chi connectivity index (χ2v) is 5.49. The molecule has 21 heavy (non-hydrogen) atoms. The van der Waals surface area contributed by atoms with Gasteiger partial charge in [-0.25, -0.2) is 4.98 Å². The number of hydrogen-bond acceptors (Lipinski definition) is 4. The average molecular weight is 292 g/mol. The number of furan rings is 1. The fourth-order valence-electron chi connectivity index (χ4n) is 1.92. The molecule has 0 atom stereocenters. The Morgan fingerprint density at radius 2 is 2.10 bits per heavy atom. The summed E-state index contributed by atoms with van der Waals surface area (Å²) in [6.07, 6.45) is 4.97. The summed E-state index contributed by atoms with van der Waals surface area (Å²) in [5, 5.41) is 12.0. The van der Waals surface area contributed by atoms with Crippen LogP contribution < -0.4 is 0 Å². The van der Waals surface area contributed by atoms with E-state index in [4.69, 9.17) is 4.42 Å². The molecule has 3 rings (SSSR count). The largest absolute Gasteiger partial charge is 0.472 e. The van der Waals surface area contributed by atoms with Gasteiger partial charge in [0.05, 0.1) is 23.8 Å². The van der Waals surface area contributed by atoms with Crippen molar-refractivity contribution in [3.63, 3.8) is 0 Å². The van der Waals surface area contributed by atoms with Crippen molar-refractivity contribution in [1.82, 2.24) is 4.98 Å². The number of benzene rings is 1. The molecule has 3 aromatic rings. The van der Waals surface area contributed by atoms with Gasteiger partial charge in [0, 0.05) is 16.5 Å².